The lowest BCUT2D eigenvalue weighted by Crippen LogP contribution is -2.38. The summed E-state index contributed by atoms with van der Waals surface area (Å²) in [5, 5.41) is 3.43. The molecular formula is C20H25N3O4S. The van der Waals surface area contributed by atoms with Gasteiger partial charge in [-0.15, -0.1) is 11.3 Å². The molecule has 1 aromatic heterocycles. The van der Waals surface area contributed by atoms with Gasteiger partial charge in [-0.3, -0.25) is 14.4 Å². The Morgan fingerprint density at radius 1 is 1.21 bits per heavy atom. The number of esters is 1. The van der Waals surface area contributed by atoms with Crippen LogP contribution in [0.15, 0.2) is 24.3 Å². The van der Waals surface area contributed by atoms with Crippen LogP contribution in [0.5, 0.6) is 0 Å². The van der Waals surface area contributed by atoms with E-state index in [0.29, 0.717) is 0 Å². The lowest BCUT2D eigenvalue weighted by Gasteiger charge is -2.28. The quantitative estimate of drug-likeness (QED) is 0.748. The fraction of sp³-hybridized carbons (Fsp3) is 0.500. The van der Waals surface area contributed by atoms with Gasteiger partial charge in [0.25, 0.3) is 5.91 Å². The highest BCUT2D eigenvalue weighted by Crippen LogP contribution is 2.41. The van der Waals surface area contributed by atoms with E-state index in [1.54, 1.807) is 25.4 Å². The van der Waals surface area contributed by atoms with Crippen LogP contribution in [0, 0.1) is 5.92 Å². The van der Waals surface area contributed by atoms with Crippen molar-refractivity contribution in [2.24, 2.45) is 5.92 Å². The molecule has 2 atom stereocenters. The van der Waals surface area contributed by atoms with Crippen molar-refractivity contribution in [3.05, 3.63) is 29.3 Å². The molecule has 0 unspecified atom stereocenters. The monoisotopic (exact) mass is 403 g/mol. The van der Waals surface area contributed by atoms with Gasteiger partial charge in [-0.05, 0) is 25.0 Å². The van der Waals surface area contributed by atoms with Crippen LogP contribution in [0.3, 0.4) is 0 Å². The van der Waals surface area contributed by atoms with E-state index in [9.17, 15) is 14.4 Å². The summed E-state index contributed by atoms with van der Waals surface area (Å²) >= 11 is 1.62. The number of para-hydroxylation sites is 1. The smallest absolute Gasteiger partial charge is 0.310 e. The first kappa shape index (κ1) is 20.3. The fourth-order valence-electron chi connectivity index (χ4n) is 3.38. The maximum Gasteiger partial charge on any atom is 0.310 e. The third-order valence-corrected chi connectivity index (χ3v) is 6.15. The van der Waals surface area contributed by atoms with E-state index in [4.69, 9.17) is 9.72 Å². The van der Waals surface area contributed by atoms with Crippen LogP contribution in [0.25, 0.3) is 10.2 Å². The van der Waals surface area contributed by atoms with E-state index in [0.717, 1.165) is 40.9 Å². The zero-order valence-electron chi connectivity index (χ0n) is 16.1. The predicted molar refractivity (Wildman–Crippen MR) is 107 cm³/mol. The highest BCUT2D eigenvalue weighted by Gasteiger charge is 2.35. The van der Waals surface area contributed by atoms with Gasteiger partial charge in [-0.25, -0.2) is 4.98 Å². The molecule has 1 heterocycles. The van der Waals surface area contributed by atoms with Gasteiger partial charge in [0.2, 0.25) is 5.91 Å². The summed E-state index contributed by atoms with van der Waals surface area (Å²) < 4.78 is 6.37. The average molecular weight is 404 g/mol. The van der Waals surface area contributed by atoms with Crippen molar-refractivity contribution in [2.45, 2.75) is 31.6 Å². The first-order chi connectivity index (χ1) is 13.5. The SMILES string of the molecule is CN(C)C(=O)CNC(=O)COC(=O)[C@H]1CCCC[C@@H]1c1nc2ccccc2s1. The van der Waals surface area contributed by atoms with Crippen LogP contribution in [0.2, 0.25) is 0 Å². The molecule has 1 aliphatic carbocycles. The molecule has 150 valence electrons. The Morgan fingerprint density at radius 2 is 1.96 bits per heavy atom. The zero-order valence-corrected chi connectivity index (χ0v) is 17.0. The third kappa shape index (κ3) is 4.86. The molecule has 3 rings (SSSR count). The van der Waals surface area contributed by atoms with Gasteiger partial charge in [-0.1, -0.05) is 25.0 Å². The second kappa shape index (κ2) is 9.14. The number of likely N-dealkylation sites (N-methyl/N-ethyl adjacent to an activating group) is 1. The van der Waals surface area contributed by atoms with Crippen molar-refractivity contribution >= 4 is 39.3 Å². The molecule has 28 heavy (non-hydrogen) atoms. The van der Waals surface area contributed by atoms with Crippen LogP contribution >= 0.6 is 11.3 Å². The van der Waals surface area contributed by atoms with Crippen molar-refractivity contribution in [1.29, 1.82) is 0 Å². The summed E-state index contributed by atoms with van der Waals surface area (Å²) in [6.07, 6.45) is 3.64. The molecule has 2 aromatic rings. The van der Waals surface area contributed by atoms with Gasteiger partial charge >= 0.3 is 5.97 Å². The Bertz CT molecular complexity index is 831. The Hall–Kier alpha value is -2.48. The van der Waals surface area contributed by atoms with E-state index in [1.807, 2.05) is 24.3 Å². The van der Waals surface area contributed by atoms with Crippen LogP contribution < -0.4 is 5.32 Å². The van der Waals surface area contributed by atoms with Gasteiger partial charge in [0.05, 0.1) is 27.7 Å². The van der Waals surface area contributed by atoms with Crippen LogP contribution in [0.1, 0.15) is 36.6 Å². The molecule has 1 fully saturated rings. The molecule has 1 aliphatic rings. The molecule has 1 N–H and O–H groups in total. The summed E-state index contributed by atoms with van der Waals surface area (Å²) in [6.45, 7) is -0.482. The number of carbonyl (C=O) groups excluding carboxylic acids is 3. The van der Waals surface area contributed by atoms with Crippen molar-refractivity contribution in [3.63, 3.8) is 0 Å². The number of hydrogen-bond donors (Lipinski definition) is 1. The summed E-state index contributed by atoms with van der Waals surface area (Å²) in [4.78, 5) is 42.1. The van der Waals surface area contributed by atoms with E-state index < -0.39 is 5.91 Å². The van der Waals surface area contributed by atoms with E-state index in [2.05, 4.69) is 5.32 Å². The maximum atomic E-state index is 12.6. The number of carbonyl (C=O) groups is 3. The summed E-state index contributed by atoms with van der Waals surface area (Å²) in [7, 11) is 3.22. The lowest BCUT2D eigenvalue weighted by atomic mass is 9.79. The Morgan fingerprint density at radius 3 is 2.71 bits per heavy atom. The number of hydrogen-bond acceptors (Lipinski definition) is 6. The van der Waals surface area contributed by atoms with Crippen molar-refractivity contribution < 1.29 is 19.1 Å². The second-order valence-electron chi connectivity index (χ2n) is 7.19. The number of nitrogens with zero attached hydrogens (tertiary/aromatic N) is 2. The fourth-order valence-corrected chi connectivity index (χ4v) is 4.55. The predicted octanol–water partition coefficient (Wildman–Crippen LogP) is 2.32. The number of fused-ring (bicyclic) bond motifs is 1. The topological polar surface area (TPSA) is 88.6 Å². The van der Waals surface area contributed by atoms with Crippen molar-refractivity contribution in [2.75, 3.05) is 27.2 Å². The Balaban J connectivity index is 1.59. The highest BCUT2D eigenvalue weighted by molar-refractivity contribution is 7.18. The van der Waals surface area contributed by atoms with Gasteiger partial charge < -0.3 is 15.0 Å². The summed E-state index contributed by atoms with van der Waals surface area (Å²) in [6, 6.07) is 7.95. The Labute approximate surface area is 168 Å². The maximum absolute atomic E-state index is 12.6. The minimum Gasteiger partial charge on any atom is -0.455 e. The first-order valence-electron chi connectivity index (χ1n) is 9.44. The Kier molecular flexibility index (Phi) is 6.61. The number of ether oxygens (including phenoxy) is 1. The number of nitrogens with one attached hydrogen (secondary N) is 1. The molecule has 8 heteroatoms. The number of amides is 2. The van der Waals surface area contributed by atoms with Crippen LogP contribution in [-0.2, 0) is 19.1 Å². The molecule has 2 amide bonds. The molecule has 0 aliphatic heterocycles. The van der Waals surface area contributed by atoms with Gasteiger partial charge in [0, 0.05) is 20.0 Å². The normalized spacial score (nSPS) is 19.2. The molecule has 1 saturated carbocycles. The molecule has 1 aromatic carbocycles. The minimum absolute atomic E-state index is 0.0250. The first-order valence-corrected chi connectivity index (χ1v) is 10.3. The van der Waals surface area contributed by atoms with Gasteiger partial charge in [0.1, 0.15) is 0 Å². The highest BCUT2D eigenvalue weighted by atomic mass is 32.1. The standard InChI is InChI=1S/C20H25N3O4S/c1-23(2)18(25)11-21-17(24)12-27-20(26)14-8-4-3-7-13(14)19-22-15-9-5-6-10-16(15)28-19/h5-6,9-10,13-14H,3-4,7-8,11-12H2,1-2H3,(H,21,24)/t13-,14-/m0/s1. The van der Waals surface area contributed by atoms with E-state index >= 15 is 0 Å². The largest absolute Gasteiger partial charge is 0.455 e. The van der Waals surface area contributed by atoms with Crippen LogP contribution in [-0.4, -0.2) is 54.9 Å². The van der Waals surface area contributed by atoms with Gasteiger partial charge in [-0.2, -0.15) is 0 Å². The van der Waals surface area contributed by atoms with Crippen molar-refractivity contribution in [3.8, 4) is 0 Å². The number of aromatic nitrogens is 1. The third-order valence-electron chi connectivity index (χ3n) is 4.98. The zero-order chi connectivity index (χ0) is 20.1. The number of rotatable bonds is 6. The minimum atomic E-state index is -0.476. The van der Waals surface area contributed by atoms with Gasteiger partial charge in [0.15, 0.2) is 6.61 Å². The van der Waals surface area contributed by atoms with Crippen molar-refractivity contribution in [1.82, 2.24) is 15.2 Å². The van der Waals surface area contributed by atoms with E-state index in [-0.39, 0.29) is 36.9 Å². The second-order valence-corrected chi connectivity index (χ2v) is 8.25. The number of benzene rings is 1. The summed E-state index contributed by atoms with van der Waals surface area (Å²) in [5.41, 5.74) is 0.949. The molecule has 0 spiro atoms. The molecule has 0 saturated heterocycles. The molecule has 0 radical (unpaired) electrons. The number of thiazole rings is 1. The summed E-state index contributed by atoms with van der Waals surface area (Å²) in [5.74, 6) is -1.32. The lowest BCUT2D eigenvalue weighted by molar-refractivity contribution is -0.154. The van der Waals surface area contributed by atoms with E-state index in [1.165, 1.54) is 4.90 Å². The van der Waals surface area contributed by atoms with Crippen LogP contribution in [0.4, 0.5) is 0 Å². The average Bonchev–Trinajstić information content (AvgIpc) is 3.14. The molecular weight excluding hydrogens is 378 g/mol. The molecule has 7 nitrogen and oxygen atoms in total. The molecule has 0 bridgehead atoms.